The predicted octanol–water partition coefficient (Wildman–Crippen LogP) is 3.05. The summed E-state index contributed by atoms with van der Waals surface area (Å²) in [6.07, 6.45) is 8.50. The summed E-state index contributed by atoms with van der Waals surface area (Å²) in [6, 6.07) is 13.3. The molecule has 2 unspecified atom stereocenters. The van der Waals surface area contributed by atoms with Gasteiger partial charge in [0.15, 0.2) is 0 Å². The molecule has 2 N–H and O–H groups in total. The Morgan fingerprint density at radius 3 is 2.79 bits per heavy atom. The van der Waals surface area contributed by atoms with E-state index in [4.69, 9.17) is 22.7 Å². The highest BCUT2D eigenvalue weighted by Gasteiger charge is 2.47. The first-order chi connectivity index (χ1) is 15.9. The topological polar surface area (TPSA) is 89.9 Å². The van der Waals surface area contributed by atoms with Crippen LogP contribution in [0.2, 0.25) is 0 Å². The second-order valence-electron chi connectivity index (χ2n) is 8.58. The molecule has 1 saturated carbocycles. The molecule has 2 aromatic heterocycles. The third-order valence-electron chi connectivity index (χ3n) is 6.44. The number of nitrogens with zero attached hydrogens (tertiary/aromatic N) is 3. The lowest BCUT2D eigenvalue weighted by molar-refractivity contribution is -0.156. The maximum Gasteiger partial charge on any atom is 0.325 e. The summed E-state index contributed by atoms with van der Waals surface area (Å²) in [7, 11) is 1.61. The number of ether oxygens (including phenoxy) is 1. The summed E-state index contributed by atoms with van der Waals surface area (Å²) in [6.45, 7) is -0.129. The Kier molecular flexibility index (Phi) is 6.74. The number of benzene rings is 1. The van der Waals surface area contributed by atoms with E-state index in [1.165, 1.54) is 4.90 Å². The Bertz CT molecular complexity index is 1160. The van der Waals surface area contributed by atoms with Crippen molar-refractivity contribution >= 4 is 34.7 Å². The zero-order valence-corrected chi connectivity index (χ0v) is 19.5. The van der Waals surface area contributed by atoms with Crippen molar-refractivity contribution < 1.29 is 14.3 Å². The maximum atomic E-state index is 12.9. The summed E-state index contributed by atoms with van der Waals surface area (Å²) >= 11 is 5.54. The van der Waals surface area contributed by atoms with Gasteiger partial charge in [0.05, 0.1) is 16.8 Å². The molecule has 0 aliphatic heterocycles. The molecule has 0 radical (unpaired) electrons. The molecule has 1 aromatic carbocycles. The van der Waals surface area contributed by atoms with Gasteiger partial charge in [-0.25, -0.2) is 4.98 Å². The average Bonchev–Trinajstić information content (AvgIpc) is 3.28. The summed E-state index contributed by atoms with van der Waals surface area (Å²) < 4.78 is 7.88. The fraction of sp³-hybridized carbons (Fsp3) is 0.360. The summed E-state index contributed by atoms with van der Waals surface area (Å²) in [5.74, 6) is -0.608. The quantitative estimate of drug-likeness (QED) is 0.427. The van der Waals surface area contributed by atoms with Crippen LogP contribution in [0.3, 0.4) is 0 Å². The lowest BCUT2D eigenvalue weighted by Gasteiger charge is -2.43. The molecule has 2 atom stereocenters. The summed E-state index contributed by atoms with van der Waals surface area (Å²) in [5, 5.41) is 0. The van der Waals surface area contributed by atoms with Crippen molar-refractivity contribution in [3.63, 3.8) is 0 Å². The molecule has 1 fully saturated rings. The predicted molar refractivity (Wildman–Crippen MR) is 130 cm³/mol. The Hall–Kier alpha value is -3.26. The van der Waals surface area contributed by atoms with Crippen molar-refractivity contribution in [3.05, 3.63) is 72.2 Å². The smallest absolute Gasteiger partial charge is 0.325 e. The number of aromatic nitrogens is 2. The molecule has 7 nitrogen and oxygen atoms in total. The van der Waals surface area contributed by atoms with Gasteiger partial charge in [0.25, 0.3) is 0 Å². The van der Waals surface area contributed by atoms with Gasteiger partial charge in [0, 0.05) is 25.6 Å². The molecular weight excluding hydrogens is 436 g/mol. The van der Waals surface area contributed by atoms with Gasteiger partial charge >= 0.3 is 5.97 Å². The highest BCUT2D eigenvalue weighted by molar-refractivity contribution is 7.80. The van der Waals surface area contributed by atoms with Crippen molar-refractivity contribution in [2.75, 3.05) is 13.6 Å². The maximum absolute atomic E-state index is 12.9. The van der Waals surface area contributed by atoms with Gasteiger partial charge in [-0.2, -0.15) is 0 Å². The molecule has 1 aliphatic carbocycles. The molecule has 4 rings (SSSR count). The first-order valence-corrected chi connectivity index (χ1v) is 11.5. The van der Waals surface area contributed by atoms with Crippen LogP contribution in [0.15, 0.2) is 61.1 Å². The van der Waals surface area contributed by atoms with Gasteiger partial charge in [-0.15, -0.1) is 0 Å². The number of nitrogens with two attached hydrogens (primary N) is 1. The van der Waals surface area contributed by atoms with Crippen LogP contribution in [-0.2, 0) is 26.2 Å². The second kappa shape index (κ2) is 9.70. The number of carbonyl (C=O) groups is 2. The number of amides is 1. The van der Waals surface area contributed by atoms with E-state index in [0.29, 0.717) is 17.8 Å². The number of esters is 1. The number of carbonyl (C=O) groups excluding carboxylic acids is 2. The first-order valence-electron chi connectivity index (χ1n) is 11.1. The van der Waals surface area contributed by atoms with Gasteiger partial charge < -0.3 is 19.8 Å². The second-order valence-corrected chi connectivity index (χ2v) is 9.02. The van der Waals surface area contributed by atoms with Crippen LogP contribution in [0.25, 0.3) is 5.65 Å². The average molecular weight is 465 g/mol. The van der Waals surface area contributed by atoms with Crippen molar-refractivity contribution in [2.45, 2.75) is 43.6 Å². The largest absolute Gasteiger partial charge is 0.460 e. The molecule has 1 amide bonds. The number of imidazole rings is 1. The zero-order chi connectivity index (χ0) is 23.4. The molecular formula is C25H28N4O3S. The number of fused-ring (bicyclic) bond motifs is 1. The van der Waals surface area contributed by atoms with E-state index in [1.807, 2.05) is 59.3 Å². The van der Waals surface area contributed by atoms with E-state index in [9.17, 15) is 9.59 Å². The van der Waals surface area contributed by atoms with Gasteiger partial charge in [-0.1, -0.05) is 55.0 Å². The normalized spacial score (nSPS) is 20.3. The van der Waals surface area contributed by atoms with Crippen molar-refractivity contribution in [2.24, 2.45) is 5.73 Å². The van der Waals surface area contributed by atoms with E-state index in [2.05, 4.69) is 4.98 Å². The van der Waals surface area contributed by atoms with E-state index in [-0.39, 0.29) is 18.9 Å². The standard InChI is InChI=1S/C25H28N4O3S/c1-28(22(30)15-18-7-3-2-4-8-18)17-23(31)32-20-9-5-6-12-25(20,24(26)33)19-10-11-21-27-13-14-29(21)16-19/h2-4,7-8,10-11,13-14,16,20H,5-6,9,12,15,17H2,1H3,(H2,26,33). The highest BCUT2D eigenvalue weighted by atomic mass is 32.1. The van der Waals surface area contributed by atoms with E-state index >= 15 is 0 Å². The number of thiocarbonyl (C=S) groups is 1. The third kappa shape index (κ3) is 4.75. The van der Waals surface area contributed by atoms with Crippen molar-refractivity contribution in [1.29, 1.82) is 0 Å². The Labute approximate surface area is 198 Å². The van der Waals surface area contributed by atoms with Crippen LogP contribution in [-0.4, -0.2) is 50.8 Å². The van der Waals surface area contributed by atoms with Gasteiger partial charge in [-0.3, -0.25) is 9.59 Å². The number of likely N-dealkylation sites (N-methyl/N-ethyl adjacent to an activating group) is 1. The zero-order valence-electron chi connectivity index (χ0n) is 18.6. The van der Waals surface area contributed by atoms with E-state index in [1.54, 1.807) is 13.2 Å². The van der Waals surface area contributed by atoms with Gasteiger partial charge in [0.1, 0.15) is 18.3 Å². The Balaban J connectivity index is 1.50. The number of pyridine rings is 1. The van der Waals surface area contributed by atoms with E-state index in [0.717, 1.165) is 29.6 Å². The minimum atomic E-state index is -0.756. The molecule has 0 spiro atoms. The molecule has 1 aliphatic rings. The van der Waals surface area contributed by atoms with Crippen molar-refractivity contribution in [3.8, 4) is 0 Å². The molecule has 0 bridgehead atoms. The lowest BCUT2D eigenvalue weighted by atomic mass is 9.67. The SMILES string of the molecule is CN(CC(=O)OC1CCCCC1(C(N)=S)c1ccc2nccn2c1)C(=O)Cc1ccccc1. The number of hydrogen-bond donors (Lipinski definition) is 1. The third-order valence-corrected chi connectivity index (χ3v) is 6.81. The van der Waals surface area contributed by atoms with E-state index < -0.39 is 17.5 Å². The van der Waals surface area contributed by atoms with Crippen LogP contribution in [0.1, 0.15) is 36.8 Å². The Morgan fingerprint density at radius 2 is 2.03 bits per heavy atom. The number of hydrogen-bond acceptors (Lipinski definition) is 5. The van der Waals surface area contributed by atoms with Crippen molar-refractivity contribution in [1.82, 2.24) is 14.3 Å². The molecule has 2 heterocycles. The molecule has 0 saturated heterocycles. The van der Waals surface area contributed by atoms with Crippen LogP contribution in [0, 0.1) is 0 Å². The molecule has 8 heteroatoms. The summed E-state index contributed by atoms with van der Waals surface area (Å²) in [4.78, 5) is 31.4. The Morgan fingerprint density at radius 1 is 1.24 bits per heavy atom. The fourth-order valence-corrected chi connectivity index (χ4v) is 4.97. The molecule has 33 heavy (non-hydrogen) atoms. The molecule has 172 valence electrons. The summed E-state index contributed by atoms with van der Waals surface area (Å²) in [5.41, 5.74) is 8.18. The van der Waals surface area contributed by atoms with Crippen LogP contribution >= 0.6 is 12.2 Å². The minimum Gasteiger partial charge on any atom is -0.460 e. The monoisotopic (exact) mass is 464 g/mol. The van der Waals surface area contributed by atoms with Crippen LogP contribution in [0.4, 0.5) is 0 Å². The van der Waals surface area contributed by atoms with Crippen LogP contribution < -0.4 is 5.73 Å². The minimum absolute atomic E-state index is 0.129. The van der Waals surface area contributed by atoms with Gasteiger partial charge in [-0.05, 0) is 36.5 Å². The first kappa shape index (κ1) is 22.9. The molecule has 3 aromatic rings. The number of rotatable bonds is 7. The van der Waals surface area contributed by atoms with Gasteiger partial charge in [0.2, 0.25) is 5.91 Å². The fourth-order valence-electron chi connectivity index (χ4n) is 4.62. The lowest BCUT2D eigenvalue weighted by Crippen LogP contribution is -2.53. The highest BCUT2D eigenvalue weighted by Crippen LogP contribution is 2.42. The van der Waals surface area contributed by atoms with Crippen LogP contribution in [0.5, 0.6) is 0 Å².